The van der Waals surface area contributed by atoms with E-state index < -0.39 is 0 Å². The molecule has 0 radical (unpaired) electrons. The molecule has 0 aliphatic heterocycles. The highest BCUT2D eigenvalue weighted by Gasteiger charge is 2.35. The van der Waals surface area contributed by atoms with E-state index in [4.69, 9.17) is 19.9 Å². The highest BCUT2D eigenvalue weighted by Crippen LogP contribution is 2.50. The maximum absolute atomic E-state index is 5.31. The molecule has 0 saturated heterocycles. The van der Waals surface area contributed by atoms with Crippen LogP contribution < -0.4 is 0 Å². The SMILES string of the molecule is CC1(C)c2ccccc2-c2cc3c(-c4cccc(-c5nc(-c6ccccc6)nc(-c6ccccc6-c6ccccc6)n5)c4)cc(-c4ccccc4)nc3cc21. The smallest absolute Gasteiger partial charge is 0.164 e. The van der Waals surface area contributed by atoms with Gasteiger partial charge in [-0.2, -0.15) is 0 Å². The van der Waals surface area contributed by atoms with Gasteiger partial charge >= 0.3 is 0 Å². The summed E-state index contributed by atoms with van der Waals surface area (Å²) in [5.41, 5.74) is 15.2. The second-order valence-corrected chi connectivity index (χ2v) is 14.7. The zero-order chi connectivity index (χ0) is 36.9. The Bertz CT molecular complexity index is 2880. The normalized spacial score (nSPS) is 12.7. The molecule has 9 aromatic rings. The van der Waals surface area contributed by atoms with Gasteiger partial charge in [-0.05, 0) is 68.8 Å². The molecule has 10 rings (SSSR count). The van der Waals surface area contributed by atoms with Crippen molar-refractivity contribution in [3.63, 3.8) is 0 Å². The van der Waals surface area contributed by atoms with Gasteiger partial charge in [0.2, 0.25) is 0 Å². The second-order valence-electron chi connectivity index (χ2n) is 14.7. The lowest BCUT2D eigenvalue weighted by molar-refractivity contribution is 0.661. The molecule has 1 aliphatic rings. The number of aromatic nitrogens is 4. The molecule has 2 heterocycles. The predicted molar refractivity (Wildman–Crippen MR) is 225 cm³/mol. The maximum atomic E-state index is 5.31. The Morgan fingerprint density at radius 2 is 0.873 bits per heavy atom. The Balaban J connectivity index is 1.18. The molecule has 0 amide bonds. The first kappa shape index (κ1) is 32.6. The highest BCUT2D eigenvalue weighted by atomic mass is 15.0. The average molecular weight is 705 g/mol. The van der Waals surface area contributed by atoms with Gasteiger partial charge in [0.15, 0.2) is 17.5 Å². The van der Waals surface area contributed by atoms with Gasteiger partial charge in [0.1, 0.15) is 0 Å². The van der Waals surface area contributed by atoms with Gasteiger partial charge in [-0.1, -0.05) is 172 Å². The van der Waals surface area contributed by atoms with Crippen LogP contribution in [0.4, 0.5) is 0 Å². The highest BCUT2D eigenvalue weighted by molar-refractivity contribution is 6.02. The summed E-state index contributed by atoms with van der Waals surface area (Å²) in [6, 6.07) is 63.7. The van der Waals surface area contributed by atoms with Crippen molar-refractivity contribution in [3.05, 3.63) is 193 Å². The van der Waals surface area contributed by atoms with E-state index in [-0.39, 0.29) is 5.41 Å². The van der Waals surface area contributed by atoms with Crippen molar-refractivity contribution in [2.75, 3.05) is 0 Å². The molecule has 0 bridgehead atoms. The van der Waals surface area contributed by atoms with Crippen LogP contribution in [0.2, 0.25) is 0 Å². The first-order valence-corrected chi connectivity index (χ1v) is 18.7. The van der Waals surface area contributed by atoms with E-state index in [1.165, 1.54) is 22.3 Å². The molecule has 0 saturated carbocycles. The van der Waals surface area contributed by atoms with Crippen LogP contribution in [-0.4, -0.2) is 19.9 Å². The number of hydrogen-bond acceptors (Lipinski definition) is 4. The van der Waals surface area contributed by atoms with Gasteiger partial charge in [-0.3, -0.25) is 0 Å². The van der Waals surface area contributed by atoms with E-state index in [1.54, 1.807) is 0 Å². The fraction of sp³-hybridized carbons (Fsp3) is 0.0588. The number of pyridine rings is 1. The Morgan fingerprint density at radius 3 is 1.60 bits per heavy atom. The van der Waals surface area contributed by atoms with Crippen LogP contribution in [-0.2, 0) is 5.41 Å². The van der Waals surface area contributed by atoms with Gasteiger partial charge < -0.3 is 0 Å². The minimum atomic E-state index is -0.128. The standard InChI is InChI=1S/C51H36N4/c1-51(2)44-28-15-14-26-39(44)42-30-43-41(31-46(34-19-8-4-9-20-34)52-47(43)32-45(42)51)36-23-16-24-37(29-36)49-53-48(35-21-10-5-11-22-35)54-50(55-49)40-27-13-12-25-38(40)33-17-6-3-7-18-33/h3-32H,1-2H3. The van der Waals surface area contributed by atoms with E-state index in [9.17, 15) is 0 Å². The quantitative estimate of drug-likeness (QED) is 0.173. The predicted octanol–water partition coefficient (Wildman–Crippen LogP) is 12.7. The van der Waals surface area contributed by atoms with Crippen LogP contribution in [0.1, 0.15) is 25.0 Å². The molecule has 7 aromatic carbocycles. The summed E-state index contributed by atoms with van der Waals surface area (Å²) in [6.45, 7) is 4.64. The summed E-state index contributed by atoms with van der Waals surface area (Å²) in [5.74, 6) is 1.88. The topological polar surface area (TPSA) is 51.6 Å². The third kappa shape index (κ3) is 5.71. The van der Waals surface area contributed by atoms with Crippen molar-refractivity contribution in [2.24, 2.45) is 0 Å². The minimum Gasteiger partial charge on any atom is -0.248 e. The molecular weight excluding hydrogens is 669 g/mol. The van der Waals surface area contributed by atoms with Crippen molar-refractivity contribution in [3.8, 4) is 78.8 Å². The summed E-state index contributed by atoms with van der Waals surface area (Å²) >= 11 is 0. The van der Waals surface area contributed by atoms with Crippen molar-refractivity contribution < 1.29 is 0 Å². The molecule has 4 nitrogen and oxygen atoms in total. The molecule has 0 fully saturated rings. The Labute approximate surface area is 320 Å². The van der Waals surface area contributed by atoms with Crippen LogP contribution in [0.25, 0.3) is 89.7 Å². The van der Waals surface area contributed by atoms with Gasteiger partial charge in [-0.15, -0.1) is 0 Å². The summed E-state index contributed by atoms with van der Waals surface area (Å²) in [5, 5.41) is 1.11. The Morgan fingerprint density at radius 1 is 0.327 bits per heavy atom. The van der Waals surface area contributed by atoms with Crippen LogP contribution in [0.3, 0.4) is 0 Å². The zero-order valence-corrected chi connectivity index (χ0v) is 30.6. The zero-order valence-electron chi connectivity index (χ0n) is 30.6. The molecule has 0 atom stereocenters. The van der Waals surface area contributed by atoms with Crippen LogP contribution >= 0.6 is 0 Å². The van der Waals surface area contributed by atoms with Gasteiger partial charge in [-0.25, -0.2) is 19.9 Å². The van der Waals surface area contributed by atoms with E-state index in [1.807, 2.05) is 36.4 Å². The van der Waals surface area contributed by atoms with E-state index >= 15 is 0 Å². The van der Waals surface area contributed by atoms with E-state index in [2.05, 4.69) is 159 Å². The first-order valence-electron chi connectivity index (χ1n) is 18.7. The van der Waals surface area contributed by atoms with E-state index in [0.717, 1.165) is 61.1 Å². The molecule has 0 unspecified atom stereocenters. The van der Waals surface area contributed by atoms with E-state index in [0.29, 0.717) is 17.5 Å². The molecule has 260 valence electrons. The number of rotatable bonds is 6. The fourth-order valence-corrected chi connectivity index (χ4v) is 8.13. The lowest BCUT2D eigenvalue weighted by Gasteiger charge is -2.22. The average Bonchev–Trinajstić information content (AvgIpc) is 3.48. The van der Waals surface area contributed by atoms with Crippen molar-refractivity contribution in [1.29, 1.82) is 0 Å². The fourth-order valence-electron chi connectivity index (χ4n) is 8.13. The number of fused-ring (bicyclic) bond motifs is 4. The van der Waals surface area contributed by atoms with Gasteiger partial charge in [0, 0.05) is 33.1 Å². The number of nitrogens with zero attached hydrogens (tertiary/aromatic N) is 4. The molecule has 1 aliphatic carbocycles. The lowest BCUT2D eigenvalue weighted by Crippen LogP contribution is -2.14. The Kier molecular flexibility index (Phi) is 7.77. The van der Waals surface area contributed by atoms with Crippen molar-refractivity contribution >= 4 is 10.9 Å². The molecule has 4 heteroatoms. The lowest BCUT2D eigenvalue weighted by atomic mass is 9.82. The number of hydrogen-bond donors (Lipinski definition) is 0. The summed E-state index contributed by atoms with van der Waals surface area (Å²) in [4.78, 5) is 20.7. The Hall–Kier alpha value is -7.04. The largest absolute Gasteiger partial charge is 0.248 e. The summed E-state index contributed by atoms with van der Waals surface area (Å²) < 4.78 is 0. The minimum absolute atomic E-state index is 0.128. The van der Waals surface area contributed by atoms with Crippen LogP contribution in [0.5, 0.6) is 0 Å². The molecule has 0 N–H and O–H groups in total. The van der Waals surface area contributed by atoms with Crippen molar-refractivity contribution in [2.45, 2.75) is 19.3 Å². The van der Waals surface area contributed by atoms with Crippen molar-refractivity contribution in [1.82, 2.24) is 19.9 Å². The molecule has 0 spiro atoms. The third-order valence-corrected chi connectivity index (χ3v) is 10.9. The van der Waals surface area contributed by atoms with Gasteiger partial charge in [0.05, 0.1) is 11.2 Å². The third-order valence-electron chi connectivity index (χ3n) is 10.9. The summed E-state index contributed by atoms with van der Waals surface area (Å²) in [6.07, 6.45) is 0. The maximum Gasteiger partial charge on any atom is 0.164 e. The molecule has 55 heavy (non-hydrogen) atoms. The van der Waals surface area contributed by atoms with Gasteiger partial charge in [0.25, 0.3) is 0 Å². The number of benzene rings is 7. The molecule has 2 aromatic heterocycles. The first-order chi connectivity index (χ1) is 27.0. The van der Waals surface area contributed by atoms with Crippen LogP contribution in [0, 0.1) is 0 Å². The molecular formula is C51H36N4. The summed E-state index contributed by atoms with van der Waals surface area (Å²) in [7, 11) is 0. The monoisotopic (exact) mass is 704 g/mol. The van der Waals surface area contributed by atoms with Crippen LogP contribution in [0.15, 0.2) is 182 Å². The second kappa shape index (κ2) is 13.1.